The van der Waals surface area contributed by atoms with Gasteiger partial charge in [0.05, 0.1) is 4.88 Å². The van der Waals surface area contributed by atoms with Crippen LogP contribution in [0.5, 0.6) is 0 Å². The van der Waals surface area contributed by atoms with E-state index in [0.29, 0.717) is 11.8 Å². The largest absolute Gasteiger partial charge is 0.415 e. The summed E-state index contributed by atoms with van der Waals surface area (Å²) >= 11 is 1.58. The Hall–Kier alpha value is -2.01. The van der Waals surface area contributed by atoms with E-state index in [0.717, 1.165) is 10.4 Å². The first-order chi connectivity index (χ1) is 7.93. The van der Waals surface area contributed by atoms with Crippen molar-refractivity contribution in [2.45, 2.75) is 0 Å². The minimum absolute atomic E-state index is 0.519. The number of hydrogen-bond donors (Lipinski definition) is 0. The van der Waals surface area contributed by atoms with Gasteiger partial charge in [-0.3, -0.25) is 4.98 Å². The Morgan fingerprint density at radius 3 is 2.56 bits per heavy atom. The Balaban J connectivity index is 2.00. The van der Waals surface area contributed by atoms with Crippen molar-refractivity contribution in [3.63, 3.8) is 0 Å². The van der Waals surface area contributed by atoms with Crippen LogP contribution in [0.15, 0.2) is 46.5 Å². The van der Waals surface area contributed by atoms with E-state index in [2.05, 4.69) is 15.2 Å². The van der Waals surface area contributed by atoms with Crippen LogP contribution in [0.3, 0.4) is 0 Å². The maximum atomic E-state index is 5.57. The SMILES string of the molecule is c1csc(-c2nnc(-c3ccncc3)o2)c1. The highest BCUT2D eigenvalue weighted by Gasteiger charge is 2.10. The molecule has 0 N–H and O–H groups in total. The van der Waals surface area contributed by atoms with Gasteiger partial charge in [-0.15, -0.1) is 21.5 Å². The van der Waals surface area contributed by atoms with Crippen molar-refractivity contribution in [2.75, 3.05) is 0 Å². The Morgan fingerprint density at radius 1 is 1.00 bits per heavy atom. The van der Waals surface area contributed by atoms with Crippen LogP contribution < -0.4 is 0 Å². The highest BCUT2D eigenvalue weighted by atomic mass is 32.1. The molecule has 78 valence electrons. The average Bonchev–Trinajstić information content (AvgIpc) is 3.01. The summed E-state index contributed by atoms with van der Waals surface area (Å²) in [4.78, 5) is 4.92. The molecular formula is C11H7N3OS. The number of pyridine rings is 1. The van der Waals surface area contributed by atoms with E-state index >= 15 is 0 Å². The zero-order valence-corrected chi connectivity index (χ0v) is 9.02. The van der Waals surface area contributed by atoms with Crippen molar-refractivity contribution in [2.24, 2.45) is 0 Å². The van der Waals surface area contributed by atoms with Crippen molar-refractivity contribution < 1.29 is 4.42 Å². The maximum absolute atomic E-state index is 5.57. The van der Waals surface area contributed by atoms with E-state index in [-0.39, 0.29) is 0 Å². The number of aromatic nitrogens is 3. The number of rotatable bonds is 2. The molecule has 0 bridgehead atoms. The molecule has 0 amide bonds. The van der Waals surface area contributed by atoms with Gasteiger partial charge in [0.1, 0.15) is 0 Å². The van der Waals surface area contributed by atoms with Crippen LogP contribution in [0.2, 0.25) is 0 Å². The van der Waals surface area contributed by atoms with Crippen molar-refractivity contribution in [3.05, 3.63) is 42.0 Å². The summed E-state index contributed by atoms with van der Waals surface area (Å²) in [5, 5.41) is 9.99. The molecule has 0 unspecified atom stereocenters. The lowest BCUT2D eigenvalue weighted by molar-refractivity contribution is 0.586. The third-order valence-electron chi connectivity index (χ3n) is 2.08. The molecular weight excluding hydrogens is 222 g/mol. The lowest BCUT2D eigenvalue weighted by Crippen LogP contribution is -1.77. The summed E-state index contributed by atoms with van der Waals surface area (Å²) in [6.45, 7) is 0. The lowest BCUT2D eigenvalue weighted by atomic mass is 10.3. The number of thiophene rings is 1. The van der Waals surface area contributed by atoms with Gasteiger partial charge in [-0.05, 0) is 23.6 Å². The van der Waals surface area contributed by atoms with Crippen molar-refractivity contribution in [1.82, 2.24) is 15.2 Å². The number of nitrogens with zero attached hydrogens (tertiary/aromatic N) is 3. The molecule has 3 heterocycles. The van der Waals surface area contributed by atoms with Gasteiger partial charge in [-0.2, -0.15) is 0 Å². The summed E-state index contributed by atoms with van der Waals surface area (Å²) < 4.78 is 5.57. The predicted molar refractivity (Wildman–Crippen MR) is 60.8 cm³/mol. The summed E-state index contributed by atoms with van der Waals surface area (Å²) in [6.07, 6.45) is 3.40. The molecule has 5 heteroatoms. The molecule has 3 rings (SSSR count). The minimum atomic E-state index is 0.519. The van der Waals surface area contributed by atoms with Gasteiger partial charge in [0.25, 0.3) is 5.89 Å². The first-order valence-corrected chi connectivity index (χ1v) is 5.59. The summed E-state index contributed by atoms with van der Waals surface area (Å²) in [7, 11) is 0. The monoisotopic (exact) mass is 229 g/mol. The van der Waals surface area contributed by atoms with Gasteiger partial charge in [0.2, 0.25) is 5.89 Å². The first kappa shape index (κ1) is 9.23. The van der Waals surface area contributed by atoms with Gasteiger partial charge in [0.15, 0.2) is 0 Å². The Morgan fingerprint density at radius 2 is 1.81 bits per heavy atom. The summed E-state index contributed by atoms with van der Waals surface area (Å²) in [5.74, 6) is 1.08. The molecule has 0 saturated carbocycles. The van der Waals surface area contributed by atoms with Crippen LogP contribution >= 0.6 is 11.3 Å². The fourth-order valence-electron chi connectivity index (χ4n) is 1.33. The Kier molecular flexibility index (Phi) is 2.23. The molecule has 4 nitrogen and oxygen atoms in total. The van der Waals surface area contributed by atoms with Crippen molar-refractivity contribution in [1.29, 1.82) is 0 Å². The molecule has 0 spiro atoms. The van der Waals surface area contributed by atoms with Gasteiger partial charge in [-0.1, -0.05) is 6.07 Å². The van der Waals surface area contributed by atoms with E-state index in [4.69, 9.17) is 4.42 Å². The van der Waals surface area contributed by atoms with Crippen molar-refractivity contribution >= 4 is 11.3 Å². The quantitative estimate of drug-likeness (QED) is 0.678. The highest BCUT2D eigenvalue weighted by molar-refractivity contribution is 7.13. The molecule has 16 heavy (non-hydrogen) atoms. The second-order valence-electron chi connectivity index (χ2n) is 3.13. The fraction of sp³-hybridized carbons (Fsp3) is 0. The second kappa shape index (κ2) is 3.86. The Bertz CT molecular complexity index is 574. The fourth-order valence-corrected chi connectivity index (χ4v) is 1.98. The zero-order chi connectivity index (χ0) is 10.8. The standard InChI is InChI=1S/C11H7N3OS/c1-2-9(16-7-1)11-14-13-10(15-11)8-3-5-12-6-4-8/h1-7H. The van der Waals surface area contributed by atoms with Gasteiger partial charge in [0, 0.05) is 18.0 Å². The van der Waals surface area contributed by atoms with E-state index in [9.17, 15) is 0 Å². The number of hydrogen-bond acceptors (Lipinski definition) is 5. The Labute approximate surface area is 95.6 Å². The maximum Gasteiger partial charge on any atom is 0.258 e. The molecule has 0 fully saturated rings. The van der Waals surface area contributed by atoms with Crippen LogP contribution in [0, 0.1) is 0 Å². The molecule has 0 saturated heterocycles. The minimum Gasteiger partial charge on any atom is -0.415 e. The third-order valence-corrected chi connectivity index (χ3v) is 2.94. The molecule has 0 aliphatic heterocycles. The molecule has 3 aromatic rings. The third kappa shape index (κ3) is 1.61. The first-order valence-electron chi connectivity index (χ1n) is 4.71. The van der Waals surface area contributed by atoms with Crippen molar-refractivity contribution in [3.8, 4) is 22.2 Å². The van der Waals surface area contributed by atoms with Gasteiger partial charge in [-0.25, -0.2) is 0 Å². The molecule has 0 radical (unpaired) electrons. The van der Waals surface area contributed by atoms with Crippen LogP contribution in [0.4, 0.5) is 0 Å². The molecule has 0 aliphatic rings. The molecule has 3 aromatic heterocycles. The topological polar surface area (TPSA) is 51.8 Å². The molecule has 0 aliphatic carbocycles. The smallest absolute Gasteiger partial charge is 0.258 e. The average molecular weight is 229 g/mol. The van der Waals surface area contributed by atoms with Crippen LogP contribution in [-0.4, -0.2) is 15.2 Å². The second-order valence-corrected chi connectivity index (χ2v) is 4.07. The summed E-state index contributed by atoms with van der Waals surface area (Å²) in [6, 6.07) is 7.59. The zero-order valence-electron chi connectivity index (χ0n) is 8.20. The van der Waals surface area contributed by atoms with E-state index in [1.807, 2.05) is 29.6 Å². The van der Waals surface area contributed by atoms with Crippen LogP contribution in [-0.2, 0) is 0 Å². The summed E-state index contributed by atoms with van der Waals surface area (Å²) in [5.41, 5.74) is 0.880. The van der Waals surface area contributed by atoms with Crippen LogP contribution in [0.1, 0.15) is 0 Å². The molecule has 0 aromatic carbocycles. The predicted octanol–water partition coefficient (Wildman–Crippen LogP) is 2.86. The van der Waals surface area contributed by atoms with E-state index in [1.165, 1.54) is 0 Å². The molecule has 0 atom stereocenters. The normalized spacial score (nSPS) is 10.5. The lowest BCUT2D eigenvalue weighted by Gasteiger charge is -1.91. The van der Waals surface area contributed by atoms with E-state index in [1.54, 1.807) is 23.7 Å². The van der Waals surface area contributed by atoms with E-state index < -0.39 is 0 Å². The van der Waals surface area contributed by atoms with Crippen LogP contribution in [0.25, 0.3) is 22.2 Å². The highest BCUT2D eigenvalue weighted by Crippen LogP contribution is 2.26. The van der Waals surface area contributed by atoms with Gasteiger partial charge >= 0.3 is 0 Å². The van der Waals surface area contributed by atoms with Gasteiger partial charge < -0.3 is 4.42 Å².